The van der Waals surface area contributed by atoms with Crippen LogP contribution < -0.4 is 0 Å². The molecule has 43 heavy (non-hydrogen) atoms. The molecule has 0 heterocycles. The first-order chi connectivity index (χ1) is 19.5. The zero-order valence-corrected chi connectivity index (χ0v) is 25.5. The molecule has 4 nitrogen and oxygen atoms in total. The number of rotatable bonds is 7. The normalized spacial score (nSPS) is 32.4. The van der Waals surface area contributed by atoms with Gasteiger partial charge in [-0.2, -0.15) is 26.3 Å². The fourth-order valence-corrected chi connectivity index (χ4v) is 7.84. The number of hydrogen-bond acceptors (Lipinski definition) is 4. The van der Waals surface area contributed by atoms with Crippen molar-refractivity contribution in [2.24, 2.45) is 22.7 Å². The van der Waals surface area contributed by atoms with Gasteiger partial charge in [-0.05, 0) is 105 Å². The minimum atomic E-state index is -6.01. The maximum absolute atomic E-state index is 13.3. The van der Waals surface area contributed by atoms with E-state index >= 15 is 0 Å². The van der Waals surface area contributed by atoms with E-state index in [2.05, 4.69) is 19.4 Å². The first-order valence-electron chi connectivity index (χ1n) is 15.1. The molecule has 0 aromatic carbocycles. The van der Waals surface area contributed by atoms with Gasteiger partial charge in [0.15, 0.2) is 0 Å². The molecule has 2 unspecified atom stereocenters. The van der Waals surface area contributed by atoms with E-state index in [1.54, 1.807) is 13.8 Å². The summed E-state index contributed by atoms with van der Waals surface area (Å²) < 4.78 is 79.9. The topological polar surface area (TPSA) is 80.9 Å². The Morgan fingerprint density at radius 1 is 0.977 bits per heavy atom. The molecule has 0 aromatic rings. The zero-order valence-electron chi connectivity index (χ0n) is 25.5. The highest BCUT2D eigenvalue weighted by Crippen LogP contribution is 2.63. The second kappa shape index (κ2) is 12.5. The number of aliphatic hydroxyl groups is 4. The van der Waals surface area contributed by atoms with Crippen molar-refractivity contribution in [3.05, 3.63) is 35.5 Å². The molecule has 0 aliphatic heterocycles. The third kappa shape index (κ3) is 7.71. The van der Waals surface area contributed by atoms with E-state index in [0.717, 1.165) is 37.2 Å². The van der Waals surface area contributed by atoms with Crippen LogP contribution in [0.4, 0.5) is 26.3 Å². The van der Waals surface area contributed by atoms with Gasteiger partial charge in [-0.25, -0.2) is 0 Å². The highest BCUT2D eigenvalue weighted by molar-refractivity contribution is 5.39. The zero-order chi connectivity index (χ0) is 32.6. The molecule has 3 aliphatic rings. The second-order valence-electron chi connectivity index (χ2n) is 14.1. The van der Waals surface area contributed by atoms with Crippen molar-refractivity contribution in [2.75, 3.05) is 0 Å². The van der Waals surface area contributed by atoms with E-state index in [9.17, 15) is 46.8 Å². The van der Waals surface area contributed by atoms with Crippen LogP contribution in [0.5, 0.6) is 0 Å². The van der Waals surface area contributed by atoms with Gasteiger partial charge in [-0.3, -0.25) is 0 Å². The summed E-state index contributed by atoms with van der Waals surface area (Å²) in [4.78, 5) is 0. The monoisotopic (exact) mass is 620 g/mol. The number of halogens is 6. The van der Waals surface area contributed by atoms with Crippen molar-refractivity contribution in [3.63, 3.8) is 0 Å². The molecule has 0 radical (unpaired) electrons. The molecule has 0 saturated heterocycles. The van der Waals surface area contributed by atoms with E-state index in [0.29, 0.717) is 37.7 Å². The lowest BCUT2D eigenvalue weighted by Gasteiger charge is -2.49. The second-order valence-corrected chi connectivity index (χ2v) is 14.1. The number of fused-ring (bicyclic) bond motifs is 1. The van der Waals surface area contributed by atoms with E-state index in [1.165, 1.54) is 5.57 Å². The SMILES string of the molecule is C=C1C(=CC=C2CCC[C@@]3(C)C2CC[C@@H]3C(C)(CC#CC(O)(C(F)(F)F)C(F)(F)F)CCCC(C)(C)O)C[C@@H](O)C[C@@H]1O. The Balaban J connectivity index is 1.95. The smallest absolute Gasteiger partial charge is 0.393 e. The Morgan fingerprint density at radius 3 is 2.19 bits per heavy atom. The van der Waals surface area contributed by atoms with Crippen LogP contribution in [0.1, 0.15) is 98.3 Å². The van der Waals surface area contributed by atoms with Gasteiger partial charge in [0.05, 0.1) is 17.8 Å². The minimum absolute atomic E-state index is 0.0735. The lowest BCUT2D eigenvalue weighted by molar-refractivity contribution is -0.343. The summed E-state index contributed by atoms with van der Waals surface area (Å²) in [6, 6.07) is 0. The van der Waals surface area contributed by atoms with Gasteiger partial charge in [-0.15, -0.1) is 0 Å². The van der Waals surface area contributed by atoms with Gasteiger partial charge >= 0.3 is 18.0 Å². The van der Waals surface area contributed by atoms with Gasteiger partial charge in [-0.1, -0.05) is 50.5 Å². The lowest BCUT2D eigenvalue weighted by atomic mass is 9.55. The predicted molar refractivity (Wildman–Crippen MR) is 152 cm³/mol. The molecule has 3 aliphatic carbocycles. The molecule has 3 saturated carbocycles. The number of aliphatic hydroxyl groups excluding tert-OH is 2. The molecule has 3 fully saturated rings. The van der Waals surface area contributed by atoms with Crippen LogP contribution in [0.15, 0.2) is 35.5 Å². The van der Waals surface area contributed by atoms with Crippen molar-refractivity contribution < 1.29 is 46.8 Å². The van der Waals surface area contributed by atoms with Crippen LogP contribution in [-0.2, 0) is 0 Å². The van der Waals surface area contributed by atoms with Crippen LogP contribution >= 0.6 is 0 Å². The first-order valence-corrected chi connectivity index (χ1v) is 15.1. The van der Waals surface area contributed by atoms with Gasteiger partial charge in [0.1, 0.15) is 0 Å². The van der Waals surface area contributed by atoms with Gasteiger partial charge in [0.25, 0.3) is 0 Å². The van der Waals surface area contributed by atoms with E-state index in [1.807, 2.05) is 19.1 Å². The van der Waals surface area contributed by atoms with Crippen molar-refractivity contribution in [3.8, 4) is 11.8 Å². The summed E-state index contributed by atoms with van der Waals surface area (Å²) in [7, 11) is 0. The molecule has 6 atom stereocenters. The summed E-state index contributed by atoms with van der Waals surface area (Å²) in [5, 5.41) is 40.2. The quantitative estimate of drug-likeness (QED) is 0.178. The molecule has 0 spiro atoms. The van der Waals surface area contributed by atoms with Crippen molar-refractivity contribution in [1.82, 2.24) is 0 Å². The maximum atomic E-state index is 13.3. The van der Waals surface area contributed by atoms with Gasteiger partial charge in [0, 0.05) is 12.8 Å². The Morgan fingerprint density at radius 2 is 1.60 bits per heavy atom. The average molecular weight is 621 g/mol. The summed E-state index contributed by atoms with van der Waals surface area (Å²) in [6.07, 6.45) is -3.77. The number of allylic oxidation sites excluding steroid dienone is 3. The molecule has 3 rings (SSSR count). The fraction of sp³-hybridized carbons (Fsp3) is 0.758. The minimum Gasteiger partial charge on any atom is -0.393 e. The van der Waals surface area contributed by atoms with Crippen molar-refractivity contribution >= 4 is 0 Å². The predicted octanol–water partition coefficient (Wildman–Crippen LogP) is 7.32. The molecule has 0 aromatic heterocycles. The highest BCUT2D eigenvalue weighted by atomic mass is 19.4. The van der Waals surface area contributed by atoms with Gasteiger partial charge in [0.2, 0.25) is 0 Å². The van der Waals surface area contributed by atoms with Crippen LogP contribution in [0.2, 0.25) is 0 Å². The van der Waals surface area contributed by atoms with E-state index in [4.69, 9.17) is 0 Å². The van der Waals surface area contributed by atoms with Crippen LogP contribution in [0.3, 0.4) is 0 Å². The Kier molecular flexibility index (Phi) is 10.4. The van der Waals surface area contributed by atoms with Gasteiger partial charge < -0.3 is 20.4 Å². The van der Waals surface area contributed by atoms with Crippen LogP contribution in [0, 0.1) is 34.5 Å². The number of hydrogen-bond donors (Lipinski definition) is 4. The molecule has 0 amide bonds. The summed E-state index contributed by atoms with van der Waals surface area (Å²) in [6.45, 7) is 11.3. The highest BCUT2D eigenvalue weighted by Gasteiger charge is 2.70. The Hall–Kier alpha value is -1.80. The lowest BCUT2D eigenvalue weighted by Crippen LogP contribution is -2.55. The van der Waals surface area contributed by atoms with Crippen molar-refractivity contribution in [2.45, 2.75) is 134 Å². The van der Waals surface area contributed by atoms with Crippen LogP contribution in [0.25, 0.3) is 0 Å². The Bertz CT molecular complexity index is 1140. The molecule has 244 valence electrons. The third-order valence-corrected chi connectivity index (χ3v) is 10.2. The van der Waals surface area contributed by atoms with Crippen LogP contribution in [-0.4, -0.2) is 56.2 Å². The fourth-order valence-electron chi connectivity index (χ4n) is 7.84. The molecule has 4 N–H and O–H groups in total. The molecule has 10 heteroatoms. The van der Waals surface area contributed by atoms with Crippen molar-refractivity contribution in [1.29, 1.82) is 0 Å². The third-order valence-electron chi connectivity index (χ3n) is 10.2. The summed E-state index contributed by atoms with van der Waals surface area (Å²) >= 11 is 0. The first kappa shape index (κ1) is 35.7. The summed E-state index contributed by atoms with van der Waals surface area (Å²) in [5.74, 6) is 3.35. The maximum Gasteiger partial charge on any atom is 0.438 e. The largest absolute Gasteiger partial charge is 0.438 e. The standard InChI is InChI=1S/C33H46F6O4/c1-21-23(19-24(40)20-26(21)41)11-10-22-9-6-17-30(5)25(22)12-13-27(30)29(4,15-7-14-28(2,3)42)16-8-18-31(43,32(34,35)36)33(37,38)39/h10-11,24-27,40-43H,1,6-7,9,12-17,19-20H2,2-5H3/t24-,25?,26+,27-,29?,30+/m1/s1. The van der Waals surface area contributed by atoms with E-state index in [-0.39, 0.29) is 30.1 Å². The molecular weight excluding hydrogens is 574 g/mol. The summed E-state index contributed by atoms with van der Waals surface area (Å²) in [5.41, 5.74) is -4.60. The van der Waals surface area contributed by atoms with E-state index < -0.39 is 41.2 Å². The number of alkyl halides is 6. The average Bonchev–Trinajstić information content (AvgIpc) is 3.21. The molecule has 0 bridgehead atoms. The molecular formula is C33H46F6O4. The Labute approximate surface area is 251 Å².